The molecule has 0 bridgehead atoms. The number of aryl methyl sites for hydroxylation is 1. The van der Waals surface area contributed by atoms with Crippen LogP contribution in [-0.4, -0.2) is 9.61 Å². The van der Waals surface area contributed by atoms with Crippen molar-refractivity contribution in [2.75, 3.05) is 5.32 Å². The van der Waals surface area contributed by atoms with Crippen LogP contribution < -0.4 is 10.0 Å². The van der Waals surface area contributed by atoms with Gasteiger partial charge < -0.3 is 10.5 Å². The zero-order valence-electron chi connectivity index (χ0n) is 11.6. The summed E-state index contributed by atoms with van der Waals surface area (Å²) in [6.07, 6.45) is 5.75. The normalized spacial score (nSPS) is 11.0. The van der Waals surface area contributed by atoms with Crippen molar-refractivity contribution >= 4 is 22.9 Å². The van der Waals surface area contributed by atoms with E-state index in [4.69, 9.17) is 11.6 Å². The third-order valence-corrected chi connectivity index (χ3v) is 3.57. The van der Waals surface area contributed by atoms with Gasteiger partial charge in [0.2, 0.25) is 0 Å². The van der Waals surface area contributed by atoms with Crippen LogP contribution in [0.1, 0.15) is 18.1 Å². The van der Waals surface area contributed by atoms with Gasteiger partial charge in [-0.2, -0.15) is 9.83 Å². The van der Waals surface area contributed by atoms with Crippen molar-refractivity contribution in [1.29, 1.82) is 0 Å². The molecule has 0 unspecified atom stereocenters. The molecule has 0 spiro atoms. The fourth-order valence-electron chi connectivity index (χ4n) is 2.30. The molecule has 0 atom stereocenters. The molecule has 0 fully saturated rings. The number of aromatic nitrogens is 3. The molecule has 3 heterocycles. The highest BCUT2D eigenvalue weighted by Crippen LogP contribution is 2.23. The van der Waals surface area contributed by atoms with E-state index in [1.807, 2.05) is 28.9 Å². The van der Waals surface area contributed by atoms with Crippen LogP contribution in [0.15, 0.2) is 42.9 Å². The molecule has 3 aromatic heterocycles. The Morgan fingerprint density at radius 1 is 1.43 bits per heavy atom. The Morgan fingerprint density at radius 2 is 2.29 bits per heavy atom. The van der Waals surface area contributed by atoms with Crippen molar-refractivity contribution in [3.05, 3.63) is 64.2 Å². The first-order chi connectivity index (χ1) is 10.2. The molecule has 6 heteroatoms. The maximum Gasteiger partial charge on any atom is 0.185 e. The number of rotatable bonds is 4. The molecule has 5 nitrogen and oxygen atoms in total. The van der Waals surface area contributed by atoms with Crippen molar-refractivity contribution < 1.29 is 4.73 Å². The van der Waals surface area contributed by atoms with Gasteiger partial charge in [-0.05, 0) is 30.2 Å². The Bertz CT molecular complexity index is 784. The fourth-order valence-corrected chi connectivity index (χ4v) is 2.50. The van der Waals surface area contributed by atoms with Crippen LogP contribution in [-0.2, 0) is 13.0 Å². The summed E-state index contributed by atoms with van der Waals surface area (Å²) >= 11 is 6.18. The second kappa shape index (κ2) is 5.61. The quantitative estimate of drug-likeness (QED) is 0.595. The minimum absolute atomic E-state index is 0.528. The lowest BCUT2D eigenvalue weighted by Gasteiger charge is -2.09. The Labute approximate surface area is 127 Å². The van der Waals surface area contributed by atoms with Gasteiger partial charge in [0.25, 0.3) is 0 Å². The molecule has 3 aromatic rings. The third-order valence-electron chi connectivity index (χ3n) is 3.35. The zero-order chi connectivity index (χ0) is 14.8. The molecule has 0 aliphatic carbocycles. The predicted octanol–water partition coefficient (Wildman–Crippen LogP) is 2.80. The van der Waals surface area contributed by atoms with Crippen LogP contribution in [0.25, 0.3) is 5.52 Å². The van der Waals surface area contributed by atoms with Gasteiger partial charge in [-0.3, -0.25) is 0 Å². The van der Waals surface area contributed by atoms with Crippen LogP contribution in [0, 0.1) is 5.21 Å². The summed E-state index contributed by atoms with van der Waals surface area (Å²) in [5.41, 5.74) is 3.04. The number of hydrogen-bond donors (Lipinski definition) is 1. The van der Waals surface area contributed by atoms with Crippen LogP contribution in [0.3, 0.4) is 0 Å². The average molecular weight is 303 g/mol. The number of halogens is 1. The van der Waals surface area contributed by atoms with E-state index in [1.54, 1.807) is 6.07 Å². The first kappa shape index (κ1) is 13.7. The van der Waals surface area contributed by atoms with Crippen molar-refractivity contribution in [3.63, 3.8) is 0 Å². The summed E-state index contributed by atoms with van der Waals surface area (Å²) in [6, 6.07) is 7.35. The largest absolute Gasteiger partial charge is 0.619 e. The van der Waals surface area contributed by atoms with Gasteiger partial charge >= 0.3 is 0 Å². The molecule has 0 saturated carbocycles. The number of fused-ring (bicyclic) bond motifs is 1. The topological polar surface area (TPSA) is 56.3 Å². The van der Waals surface area contributed by atoms with E-state index in [0.717, 1.165) is 33.6 Å². The van der Waals surface area contributed by atoms with E-state index in [2.05, 4.69) is 17.3 Å². The highest BCUT2D eigenvalue weighted by atomic mass is 35.5. The molecule has 0 aromatic carbocycles. The monoisotopic (exact) mass is 302 g/mol. The van der Waals surface area contributed by atoms with Gasteiger partial charge in [-0.1, -0.05) is 18.5 Å². The fraction of sp³-hybridized carbons (Fsp3) is 0.200. The zero-order valence-corrected chi connectivity index (χ0v) is 12.3. The highest BCUT2D eigenvalue weighted by Gasteiger charge is 2.08. The molecular weight excluding hydrogens is 288 g/mol. The molecule has 0 saturated heterocycles. The van der Waals surface area contributed by atoms with Gasteiger partial charge in [0.15, 0.2) is 12.4 Å². The van der Waals surface area contributed by atoms with Crippen LogP contribution >= 0.6 is 11.6 Å². The van der Waals surface area contributed by atoms with Crippen molar-refractivity contribution in [1.82, 2.24) is 9.61 Å². The molecule has 0 amide bonds. The first-order valence-electron chi connectivity index (χ1n) is 6.75. The number of anilines is 1. The van der Waals surface area contributed by atoms with E-state index < -0.39 is 0 Å². The van der Waals surface area contributed by atoms with E-state index >= 15 is 0 Å². The van der Waals surface area contributed by atoms with E-state index in [9.17, 15) is 5.21 Å². The molecule has 3 rings (SSSR count). The van der Waals surface area contributed by atoms with E-state index in [1.165, 1.54) is 12.4 Å². The molecule has 0 aliphatic heterocycles. The molecule has 21 heavy (non-hydrogen) atoms. The molecular formula is C15H15ClN4O. The Hall–Kier alpha value is -2.27. The number of nitrogens with one attached hydrogen (secondary N) is 1. The maximum absolute atomic E-state index is 11.3. The van der Waals surface area contributed by atoms with Crippen LogP contribution in [0.5, 0.6) is 0 Å². The second-order valence-electron chi connectivity index (χ2n) is 4.80. The maximum atomic E-state index is 11.3. The lowest BCUT2D eigenvalue weighted by molar-refractivity contribution is -0.605. The number of nitrogens with zero attached hydrogens (tertiary/aromatic N) is 3. The lowest BCUT2D eigenvalue weighted by Crippen LogP contribution is -2.25. The first-order valence-corrected chi connectivity index (χ1v) is 7.13. The standard InChI is InChI=1S/C15H15ClN4O/c1-2-12-9-18-20-14(12)6-13(16)7-15(20)17-8-11-4-3-5-19(21)10-11/h3-7,9-10,17H,2,8H2,1H3. The van der Waals surface area contributed by atoms with E-state index in [-0.39, 0.29) is 0 Å². The van der Waals surface area contributed by atoms with Crippen LogP contribution in [0.2, 0.25) is 5.02 Å². The van der Waals surface area contributed by atoms with Gasteiger partial charge in [0.1, 0.15) is 5.82 Å². The average Bonchev–Trinajstić information content (AvgIpc) is 2.87. The molecule has 0 aliphatic rings. The van der Waals surface area contributed by atoms with Crippen molar-refractivity contribution in [2.24, 2.45) is 0 Å². The Balaban J connectivity index is 1.91. The second-order valence-corrected chi connectivity index (χ2v) is 5.24. The van der Waals surface area contributed by atoms with Gasteiger partial charge in [0.05, 0.1) is 11.7 Å². The molecule has 0 radical (unpaired) electrons. The Kier molecular flexibility index (Phi) is 3.66. The van der Waals surface area contributed by atoms with Gasteiger partial charge in [-0.15, -0.1) is 0 Å². The van der Waals surface area contributed by atoms with Crippen molar-refractivity contribution in [3.8, 4) is 0 Å². The molecule has 108 valence electrons. The van der Waals surface area contributed by atoms with E-state index in [0.29, 0.717) is 11.6 Å². The number of hydrogen-bond acceptors (Lipinski definition) is 3. The SMILES string of the molecule is CCc1cnn2c(NCc3ccc[n+]([O-])c3)cc(Cl)cc12. The number of pyridine rings is 2. The molecule has 1 N–H and O–H groups in total. The summed E-state index contributed by atoms with van der Waals surface area (Å²) in [5, 5.41) is 19.6. The summed E-state index contributed by atoms with van der Waals surface area (Å²) in [4.78, 5) is 0. The minimum atomic E-state index is 0.528. The summed E-state index contributed by atoms with van der Waals surface area (Å²) in [7, 11) is 0. The summed E-state index contributed by atoms with van der Waals surface area (Å²) in [6.45, 7) is 2.61. The smallest absolute Gasteiger partial charge is 0.185 e. The highest BCUT2D eigenvalue weighted by molar-refractivity contribution is 6.31. The lowest BCUT2D eigenvalue weighted by atomic mass is 10.2. The summed E-state index contributed by atoms with van der Waals surface area (Å²) < 4.78 is 2.62. The van der Waals surface area contributed by atoms with Crippen LogP contribution in [0.4, 0.5) is 5.82 Å². The van der Waals surface area contributed by atoms with Gasteiger partial charge in [0, 0.05) is 23.2 Å². The Morgan fingerprint density at radius 3 is 3.05 bits per heavy atom. The van der Waals surface area contributed by atoms with Gasteiger partial charge in [-0.25, -0.2) is 4.52 Å². The minimum Gasteiger partial charge on any atom is -0.619 e. The third kappa shape index (κ3) is 2.78. The predicted molar refractivity (Wildman–Crippen MR) is 82.3 cm³/mol. The summed E-state index contributed by atoms with van der Waals surface area (Å²) in [5.74, 6) is 0.804. The van der Waals surface area contributed by atoms with Crippen molar-refractivity contribution in [2.45, 2.75) is 19.9 Å².